The van der Waals surface area contributed by atoms with Crippen molar-refractivity contribution in [3.63, 3.8) is 0 Å². The van der Waals surface area contributed by atoms with Gasteiger partial charge in [-0.1, -0.05) is 24.3 Å². The fourth-order valence-electron chi connectivity index (χ4n) is 3.73. The van der Waals surface area contributed by atoms with Crippen LogP contribution in [0.15, 0.2) is 47.1 Å². The van der Waals surface area contributed by atoms with E-state index in [1.165, 1.54) is 0 Å². The number of rotatable bonds is 12. The Hall–Kier alpha value is -1.89. The maximum Gasteiger partial charge on any atom is 0.303 e. The van der Waals surface area contributed by atoms with E-state index in [2.05, 4.69) is 0 Å². The molecule has 1 heterocycles. The molecule has 156 valence electrons. The van der Waals surface area contributed by atoms with Crippen LogP contribution in [0, 0.1) is 11.8 Å². The van der Waals surface area contributed by atoms with Crippen LogP contribution >= 0.6 is 0 Å². The van der Waals surface area contributed by atoms with Crippen LogP contribution in [0.2, 0.25) is 0 Å². The number of carboxylic acids is 1. The van der Waals surface area contributed by atoms with E-state index in [0.717, 1.165) is 18.6 Å². The molecular weight excluding hydrogens is 360 g/mol. The highest BCUT2D eigenvalue weighted by Crippen LogP contribution is 2.36. The van der Waals surface area contributed by atoms with Crippen LogP contribution < -0.4 is 0 Å². The van der Waals surface area contributed by atoms with E-state index < -0.39 is 18.2 Å². The molecule has 28 heavy (non-hydrogen) atoms. The van der Waals surface area contributed by atoms with E-state index >= 15 is 0 Å². The molecule has 0 unspecified atom stereocenters. The Bertz CT molecular complexity index is 621. The molecule has 0 amide bonds. The first-order chi connectivity index (χ1) is 13.5. The summed E-state index contributed by atoms with van der Waals surface area (Å²) in [5.74, 6) is -0.0464. The van der Waals surface area contributed by atoms with Crippen LogP contribution in [0.25, 0.3) is 0 Å². The van der Waals surface area contributed by atoms with Crippen LogP contribution in [-0.2, 0) is 16.0 Å². The zero-order valence-corrected chi connectivity index (χ0v) is 16.4. The van der Waals surface area contributed by atoms with E-state index in [-0.39, 0.29) is 24.4 Å². The lowest BCUT2D eigenvalue weighted by atomic mass is 9.89. The first-order valence-electron chi connectivity index (χ1n) is 9.97. The number of carbonyl (C=O) groups is 1. The number of furan rings is 1. The van der Waals surface area contributed by atoms with Crippen molar-refractivity contribution in [1.82, 2.24) is 0 Å². The normalized spacial score (nSPS) is 26.4. The molecule has 6 nitrogen and oxygen atoms in total. The summed E-state index contributed by atoms with van der Waals surface area (Å²) in [7, 11) is 1.66. The minimum absolute atomic E-state index is 0.0513. The standard InChI is InChI=1S/C22H32O6/c1-27-16(10-11-17-7-6-14-28-17)12-13-19-18(20(23)15-21(19)24)8-4-2-3-5-9-22(25)26/h2,4,6-7,12-14,16,18-21,23-24H,3,5,8-11,15H2,1H3,(H,25,26)/b4-2-,13-12+/t16-,18+,19+,20-,21+/m0/s1. The molecule has 0 aromatic carbocycles. The van der Waals surface area contributed by atoms with Gasteiger partial charge in [-0.25, -0.2) is 0 Å². The molecule has 1 aromatic heterocycles. The maximum absolute atomic E-state index is 10.5. The number of aryl methyl sites for hydroxylation is 1. The van der Waals surface area contributed by atoms with Gasteiger partial charge in [0, 0.05) is 32.3 Å². The van der Waals surface area contributed by atoms with Crippen LogP contribution in [-0.4, -0.2) is 46.7 Å². The van der Waals surface area contributed by atoms with Crippen molar-refractivity contribution in [2.45, 2.75) is 63.3 Å². The van der Waals surface area contributed by atoms with Gasteiger partial charge in [-0.3, -0.25) is 4.79 Å². The SMILES string of the molecule is CO[C@H](/C=C/[C@@H]1[C@@H](C/C=C\CCCC(=O)O)[C@@H](O)C[C@H]1O)CCc1ccco1. The molecule has 6 heteroatoms. The van der Waals surface area contributed by atoms with Crippen molar-refractivity contribution in [3.05, 3.63) is 48.5 Å². The summed E-state index contributed by atoms with van der Waals surface area (Å²) in [6, 6.07) is 3.80. The quantitative estimate of drug-likeness (QED) is 0.373. The Morgan fingerprint density at radius 1 is 1.36 bits per heavy atom. The summed E-state index contributed by atoms with van der Waals surface area (Å²) >= 11 is 0. The topological polar surface area (TPSA) is 100 Å². The minimum atomic E-state index is -0.785. The summed E-state index contributed by atoms with van der Waals surface area (Å²) < 4.78 is 10.9. The second kappa shape index (κ2) is 11.8. The predicted molar refractivity (Wildman–Crippen MR) is 106 cm³/mol. The van der Waals surface area contributed by atoms with Gasteiger partial charge in [0.25, 0.3) is 0 Å². The summed E-state index contributed by atoms with van der Waals surface area (Å²) in [5, 5.41) is 29.3. The molecule has 0 spiro atoms. The van der Waals surface area contributed by atoms with E-state index in [1.807, 2.05) is 36.4 Å². The average molecular weight is 392 g/mol. The third-order valence-corrected chi connectivity index (χ3v) is 5.36. The fraction of sp³-hybridized carbons (Fsp3) is 0.591. The van der Waals surface area contributed by atoms with Crippen molar-refractivity contribution >= 4 is 5.97 Å². The summed E-state index contributed by atoms with van der Waals surface area (Å²) in [6.07, 6.45) is 12.4. The van der Waals surface area contributed by atoms with Crippen molar-refractivity contribution in [2.75, 3.05) is 7.11 Å². The number of aliphatic carboxylic acids is 1. The molecule has 1 fully saturated rings. The molecule has 2 rings (SSSR count). The molecule has 1 aromatic rings. The second-order valence-electron chi connectivity index (χ2n) is 7.38. The number of aliphatic hydroxyl groups is 2. The molecule has 0 saturated heterocycles. The molecule has 0 bridgehead atoms. The number of carboxylic acid groups (broad SMARTS) is 1. The van der Waals surface area contributed by atoms with Gasteiger partial charge in [-0.2, -0.15) is 0 Å². The minimum Gasteiger partial charge on any atom is -0.481 e. The second-order valence-corrected chi connectivity index (χ2v) is 7.38. The number of allylic oxidation sites excluding steroid dienone is 2. The van der Waals surface area contributed by atoms with Crippen LogP contribution in [0.4, 0.5) is 0 Å². The van der Waals surface area contributed by atoms with Gasteiger partial charge >= 0.3 is 5.97 Å². The highest BCUT2D eigenvalue weighted by molar-refractivity contribution is 5.66. The lowest BCUT2D eigenvalue weighted by Crippen LogP contribution is -2.20. The Kier molecular flexibility index (Phi) is 9.47. The monoisotopic (exact) mass is 392 g/mol. The molecular formula is C22H32O6. The summed E-state index contributed by atoms with van der Waals surface area (Å²) in [4.78, 5) is 10.5. The number of methoxy groups -OCH3 is 1. The van der Waals surface area contributed by atoms with Gasteiger partial charge in [-0.05, 0) is 43.7 Å². The lowest BCUT2D eigenvalue weighted by molar-refractivity contribution is -0.137. The molecule has 1 saturated carbocycles. The Morgan fingerprint density at radius 2 is 2.18 bits per heavy atom. The molecule has 0 radical (unpaired) electrons. The van der Waals surface area contributed by atoms with E-state index in [1.54, 1.807) is 13.4 Å². The van der Waals surface area contributed by atoms with Gasteiger partial charge in [0.2, 0.25) is 0 Å². The first kappa shape index (κ1) is 22.4. The van der Waals surface area contributed by atoms with Crippen molar-refractivity contribution in [2.24, 2.45) is 11.8 Å². The lowest BCUT2D eigenvalue weighted by Gasteiger charge is -2.20. The van der Waals surface area contributed by atoms with Crippen molar-refractivity contribution < 1.29 is 29.3 Å². The van der Waals surface area contributed by atoms with E-state index in [4.69, 9.17) is 14.3 Å². The average Bonchev–Trinajstić information content (AvgIpc) is 3.26. The van der Waals surface area contributed by atoms with Crippen LogP contribution in [0.3, 0.4) is 0 Å². The molecule has 5 atom stereocenters. The van der Waals surface area contributed by atoms with Gasteiger partial charge in [0.1, 0.15) is 5.76 Å². The molecule has 3 N–H and O–H groups in total. The fourth-order valence-corrected chi connectivity index (χ4v) is 3.73. The van der Waals surface area contributed by atoms with E-state index in [9.17, 15) is 15.0 Å². The van der Waals surface area contributed by atoms with Crippen molar-refractivity contribution in [1.29, 1.82) is 0 Å². The predicted octanol–water partition coefficient (Wildman–Crippen LogP) is 3.34. The highest BCUT2D eigenvalue weighted by atomic mass is 16.5. The van der Waals surface area contributed by atoms with Gasteiger partial charge in [0.05, 0.1) is 24.6 Å². The largest absolute Gasteiger partial charge is 0.481 e. The molecule has 0 aliphatic heterocycles. The van der Waals surface area contributed by atoms with Crippen LogP contribution in [0.1, 0.15) is 44.3 Å². The Labute approximate surface area is 166 Å². The van der Waals surface area contributed by atoms with Gasteiger partial charge < -0.3 is 24.5 Å². The zero-order valence-electron chi connectivity index (χ0n) is 16.4. The van der Waals surface area contributed by atoms with Crippen LogP contribution in [0.5, 0.6) is 0 Å². The Morgan fingerprint density at radius 3 is 2.86 bits per heavy atom. The third-order valence-electron chi connectivity index (χ3n) is 5.36. The molecule has 1 aliphatic rings. The smallest absolute Gasteiger partial charge is 0.303 e. The number of hydrogen-bond donors (Lipinski definition) is 3. The first-order valence-corrected chi connectivity index (χ1v) is 9.97. The zero-order chi connectivity index (χ0) is 20.4. The number of ether oxygens (including phenoxy) is 1. The van der Waals surface area contributed by atoms with Gasteiger partial charge in [-0.15, -0.1) is 0 Å². The highest BCUT2D eigenvalue weighted by Gasteiger charge is 2.39. The Balaban J connectivity index is 1.85. The van der Waals surface area contributed by atoms with Gasteiger partial charge in [0.15, 0.2) is 0 Å². The maximum atomic E-state index is 10.5. The molecule has 1 aliphatic carbocycles. The third kappa shape index (κ3) is 7.26. The number of unbranched alkanes of at least 4 members (excludes halogenated alkanes) is 1. The summed E-state index contributed by atoms with van der Waals surface area (Å²) in [6.45, 7) is 0. The number of aliphatic hydroxyl groups excluding tert-OH is 2. The number of hydrogen-bond acceptors (Lipinski definition) is 5. The summed E-state index contributed by atoms with van der Waals surface area (Å²) in [5.41, 5.74) is 0. The van der Waals surface area contributed by atoms with Crippen molar-refractivity contribution in [3.8, 4) is 0 Å². The van der Waals surface area contributed by atoms with E-state index in [0.29, 0.717) is 25.7 Å².